The molecule has 2 aliphatic rings. The van der Waals surface area contributed by atoms with Crippen LogP contribution in [0.25, 0.3) is 0 Å². The van der Waals surface area contributed by atoms with Crippen LogP contribution >= 0.6 is 0 Å². The van der Waals surface area contributed by atoms with Crippen LogP contribution in [0.5, 0.6) is 0 Å². The predicted octanol–water partition coefficient (Wildman–Crippen LogP) is 0.609. The molecule has 0 bridgehead atoms. The monoisotopic (exact) mass is 226 g/mol. The Balaban J connectivity index is 1.59. The SMILES string of the molecule is CCOC1CC(CC(=O)N2CC(CN)C2)C1. The van der Waals surface area contributed by atoms with Gasteiger partial charge in [-0.05, 0) is 32.2 Å². The van der Waals surface area contributed by atoms with Gasteiger partial charge in [0.2, 0.25) is 5.91 Å². The van der Waals surface area contributed by atoms with Crippen LogP contribution in [0.1, 0.15) is 26.2 Å². The normalized spacial score (nSPS) is 29.8. The van der Waals surface area contributed by atoms with E-state index in [9.17, 15) is 4.79 Å². The molecule has 4 nitrogen and oxygen atoms in total. The van der Waals surface area contributed by atoms with E-state index in [0.717, 1.165) is 32.5 Å². The summed E-state index contributed by atoms with van der Waals surface area (Å²) in [7, 11) is 0. The molecule has 2 rings (SSSR count). The first kappa shape index (κ1) is 11.9. The van der Waals surface area contributed by atoms with Crippen molar-refractivity contribution in [2.45, 2.75) is 32.3 Å². The number of likely N-dealkylation sites (tertiary alicyclic amines) is 1. The number of hydrogen-bond acceptors (Lipinski definition) is 3. The van der Waals surface area contributed by atoms with Crippen LogP contribution in [0, 0.1) is 11.8 Å². The third-order valence-electron chi connectivity index (χ3n) is 3.70. The van der Waals surface area contributed by atoms with Crippen LogP contribution in [0.3, 0.4) is 0 Å². The van der Waals surface area contributed by atoms with Crippen LogP contribution in [-0.2, 0) is 9.53 Å². The fourth-order valence-electron chi connectivity index (χ4n) is 2.51. The maximum atomic E-state index is 11.8. The van der Waals surface area contributed by atoms with E-state index in [4.69, 9.17) is 10.5 Å². The Morgan fingerprint density at radius 2 is 2.06 bits per heavy atom. The maximum Gasteiger partial charge on any atom is 0.222 e. The van der Waals surface area contributed by atoms with E-state index in [2.05, 4.69) is 0 Å². The Hall–Kier alpha value is -0.610. The first-order valence-corrected chi connectivity index (χ1v) is 6.32. The molecule has 2 N–H and O–H groups in total. The van der Waals surface area contributed by atoms with E-state index in [0.29, 0.717) is 36.8 Å². The molecule has 1 heterocycles. The van der Waals surface area contributed by atoms with E-state index < -0.39 is 0 Å². The van der Waals surface area contributed by atoms with Gasteiger partial charge in [0.25, 0.3) is 0 Å². The molecular weight excluding hydrogens is 204 g/mol. The first-order valence-electron chi connectivity index (χ1n) is 6.32. The van der Waals surface area contributed by atoms with E-state index >= 15 is 0 Å². The zero-order chi connectivity index (χ0) is 11.5. The highest BCUT2D eigenvalue weighted by Crippen LogP contribution is 2.33. The second-order valence-electron chi connectivity index (χ2n) is 5.02. The molecule has 0 radical (unpaired) electrons. The van der Waals surface area contributed by atoms with Crippen LogP contribution in [0.4, 0.5) is 0 Å². The number of rotatable bonds is 5. The van der Waals surface area contributed by atoms with Gasteiger partial charge in [0.1, 0.15) is 0 Å². The lowest BCUT2D eigenvalue weighted by atomic mass is 9.79. The molecular formula is C12H22N2O2. The molecule has 4 heteroatoms. The third kappa shape index (κ3) is 2.55. The summed E-state index contributed by atoms with van der Waals surface area (Å²) in [5.74, 6) is 1.41. The van der Waals surface area contributed by atoms with E-state index in [1.54, 1.807) is 0 Å². The van der Waals surface area contributed by atoms with Gasteiger partial charge in [-0.25, -0.2) is 0 Å². The Morgan fingerprint density at radius 3 is 2.62 bits per heavy atom. The second-order valence-corrected chi connectivity index (χ2v) is 5.02. The van der Waals surface area contributed by atoms with Gasteiger partial charge in [-0.3, -0.25) is 4.79 Å². The molecule has 1 saturated heterocycles. The lowest BCUT2D eigenvalue weighted by Gasteiger charge is -2.41. The van der Waals surface area contributed by atoms with Gasteiger partial charge in [-0.1, -0.05) is 0 Å². The second kappa shape index (κ2) is 5.15. The summed E-state index contributed by atoms with van der Waals surface area (Å²) in [5, 5.41) is 0. The van der Waals surface area contributed by atoms with Gasteiger partial charge in [0.15, 0.2) is 0 Å². The molecule has 1 aliphatic carbocycles. The third-order valence-corrected chi connectivity index (χ3v) is 3.70. The molecule has 0 spiro atoms. The van der Waals surface area contributed by atoms with Crippen molar-refractivity contribution in [3.8, 4) is 0 Å². The quantitative estimate of drug-likeness (QED) is 0.747. The standard InChI is InChI=1S/C12H22N2O2/c1-2-16-11-3-9(4-11)5-12(15)14-7-10(6-13)8-14/h9-11H,2-8,13H2,1H3. The van der Waals surface area contributed by atoms with Gasteiger partial charge in [-0.15, -0.1) is 0 Å². The van der Waals surface area contributed by atoms with Crippen LogP contribution in [0.2, 0.25) is 0 Å². The van der Waals surface area contributed by atoms with Gasteiger partial charge in [0.05, 0.1) is 6.10 Å². The molecule has 0 atom stereocenters. The largest absolute Gasteiger partial charge is 0.378 e. The van der Waals surface area contributed by atoms with E-state index in [-0.39, 0.29) is 0 Å². The van der Waals surface area contributed by atoms with Gasteiger partial charge >= 0.3 is 0 Å². The minimum absolute atomic E-state index is 0.310. The summed E-state index contributed by atoms with van der Waals surface area (Å²) in [4.78, 5) is 13.7. The van der Waals surface area contributed by atoms with Gasteiger partial charge in [-0.2, -0.15) is 0 Å². The summed E-state index contributed by atoms with van der Waals surface area (Å²) in [5.41, 5.74) is 5.53. The van der Waals surface area contributed by atoms with Gasteiger partial charge < -0.3 is 15.4 Å². The lowest BCUT2D eigenvalue weighted by Crippen LogP contribution is -2.53. The molecule has 1 amide bonds. The number of ether oxygens (including phenoxy) is 1. The highest BCUT2D eigenvalue weighted by atomic mass is 16.5. The van der Waals surface area contributed by atoms with Crippen molar-refractivity contribution in [1.29, 1.82) is 0 Å². The van der Waals surface area contributed by atoms with Crippen LogP contribution in [-0.4, -0.2) is 43.2 Å². The Morgan fingerprint density at radius 1 is 1.38 bits per heavy atom. The molecule has 0 unspecified atom stereocenters. The summed E-state index contributed by atoms with van der Waals surface area (Å²) in [6.07, 6.45) is 3.25. The molecule has 1 aliphatic heterocycles. The zero-order valence-corrected chi connectivity index (χ0v) is 10.0. The summed E-state index contributed by atoms with van der Waals surface area (Å²) >= 11 is 0. The number of hydrogen-bond donors (Lipinski definition) is 1. The summed E-state index contributed by atoms with van der Waals surface area (Å²) in [6, 6.07) is 0. The van der Waals surface area contributed by atoms with Crippen LogP contribution in [0.15, 0.2) is 0 Å². The zero-order valence-electron chi connectivity index (χ0n) is 10.0. The van der Waals surface area contributed by atoms with Crippen molar-refractivity contribution in [2.24, 2.45) is 17.6 Å². The smallest absolute Gasteiger partial charge is 0.222 e. The summed E-state index contributed by atoms with van der Waals surface area (Å²) < 4.78 is 5.48. The first-order chi connectivity index (χ1) is 7.72. The van der Waals surface area contributed by atoms with Crippen molar-refractivity contribution in [2.75, 3.05) is 26.2 Å². The van der Waals surface area contributed by atoms with Crippen molar-refractivity contribution in [3.05, 3.63) is 0 Å². The molecule has 92 valence electrons. The van der Waals surface area contributed by atoms with Crippen molar-refractivity contribution in [1.82, 2.24) is 4.90 Å². The highest BCUT2D eigenvalue weighted by molar-refractivity contribution is 5.77. The minimum atomic E-state index is 0.310. The average molecular weight is 226 g/mol. The fraction of sp³-hybridized carbons (Fsp3) is 0.917. The number of amides is 1. The minimum Gasteiger partial charge on any atom is -0.378 e. The molecule has 0 aromatic heterocycles. The Labute approximate surface area is 97.1 Å². The number of carbonyl (C=O) groups excluding carboxylic acids is 1. The van der Waals surface area contributed by atoms with Gasteiger partial charge in [0, 0.05) is 32.0 Å². The Bertz CT molecular complexity index is 245. The highest BCUT2D eigenvalue weighted by Gasteiger charge is 2.35. The lowest BCUT2D eigenvalue weighted by molar-refractivity contribution is -0.140. The fourth-order valence-corrected chi connectivity index (χ4v) is 2.51. The topological polar surface area (TPSA) is 55.6 Å². The Kier molecular flexibility index (Phi) is 3.82. The van der Waals surface area contributed by atoms with E-state index in [1.165, 1.54) is 0 Å². The number of nitrogens with two attached hydrogens (primary N) is 1. The molecule has 1 saturated carbocycles. The van der Waals surface area contributed by atoms with Crippen LogP contribution < -0.4 is 5.73 Å². The summed E-state index contributed by atoms with van der Waals surface area (Å²) in [6.45, 7) is 5.26. The van der Waals surface area contributed by atoms with Crippen molar-refractivity contribution >= 4 is 5.91 Å². The number of carbonyl (C=O) groups is 1. The molecule has 0 aromatic rings. The maximum absolute atomic E-state index is 11.8. The molecule has 16 heavy (non-hydrogen) atoms. The number of nitrogens with zero attached hydrogens (tertiary/aromatic N) is 1. The van der Waals surface area contributed by atoms with Crippen molar-refractivity contribution in [3.63, 3.8) is 0 Å². The van der Waals surface area contributed by atoms with Crippen molar-refractivity contribution < 1.29 is 9.53 Å². The van der Waals surface area contributed by atoms with E-state index in [1.807, 2.05) is 11.8 Å². The predicted molar refractivity (Wildman–Crippen MR) is 61.9 cm³/mol. The molecule has 0 aromatic carbocycles. The average Bonchev–Trinajstić information content (AvgIpc) is 2.13. The molecule has 2 fully saturated rings.